The summed E-state index contributed by atoms with van der Waals surface area (Å²) in [4.78, 5) is 32.6. The normalized spacial score (nSPS) is 22.3. The van der Waals surface area contributed by atoms with Crippen LogP contribution in [0.2, 0.25) is 5.02 Å². The molecule has 0 radical (unpaired) electrons. The minimum absolute atomic E-state index is 0.0313. The number of methoxy groups -OCH3 is 1. The Hall–Kier alpha value is -3.04. The number of hydrogen-bond donors (Lipinski definition) is 1. The van der Waals surface area contributed by atoms with Crippen molar-refractivity contribution >= 4 is 34.7 Å². The largest absolute Gasteiger partial charge is 0.378 e. The first-order valence-electron chi connectivity index (χ1n) is 11.7. The minimum Gasteiger partial charge on any atom is -0.378 e. The predicted octanol–water partition coefficient (Wildman–Crippen LogP) is 4.07. The fourth-order valence-electron chi connectivity index (χ4n) is 5.36. The Kier molecular flexibility index (Phi) is 6.23. The summed E-state index contributed by atoms with van der Waals surface area (Å²) in [6, 6.07) is 5.96. The summed E-state index contributed by atoms with van der Waals surface area (Å²) in [5, 5.41) is 7.69. The first-order valence-corrected chi connectivity index (χ1v) is 12.1. The molecule has 35 heavy (non-hydrogen) atoms. The summed E-state index contributed by atoms with van der Waals surface area (Å²) in [5.41, 5.74) is 2.61. The third kappa shape index (κ3) is 4.27. The van der Waals surface area contributed by atoms with Gasteiger partial charge < -0.3 is 15.0 Å². The van der Waals surface area contributed by atoms with E-state index in [2.05, 4.69) is 15.4 Å². The number of nitrogens with zero attached hydrogens (tertiary/aromatic N) is 4. The van der Waals surface area contributed by atoms with Crippen LogP contribution in [0.5, 0.6) is 0 Å². The van der Waals surface area contributed by atoms with Crippen molar-refractivity contribution in [3.63, 3.8) is 0 Å². The van der Waals surface area contributed by atoms with Gasteiger partial charge in [-0.25, -0.2) is 13.9 Å². The van der Waals surface area contributed by atoms with Gasteiger partial charge in [-0.1, -0.05) is 11.6 Å². The summed E-state index contributed by atoms with van der Waals surface area (Å²) in [7, 11) is 1.61. The lowest BCUT2D eigenvalue weighted by atomic mass is 9.71. The lowest BCUT2D eigenvalue weighted by molar-refractivity contribution is -0.127. The van der Waals surface area contributed by atoms with Gasteiger partial charge in [0.25, 0.3) is 5.91 Å². The van der Waals surface area contributed by atoms with E-state index in [1.165, 1.54) is 18.3 Å². The molecule has 3 heterocycles. The number of halogens is 2. The van der Waals surface area contributed by atoms with Crippen molar-refractivity contribution in [3.05, 3.63) is 58.3 Å². The monoisotopic (exact) mass is 499 g/mol. The van der Waals surface area contributed by atoms with Crippen LogP contribution in [0.3, 0.4) is 0 Å². The third-order valence-electron chi connectivity index (χ3n) is 7.20. The molecular formula is C25H27ClFN5O3. The molecule has 1 aromatic carbocycles. The molecule has 1 spiro atoms. The topological polar surface area (TPSA) is 88.8 Å². The highest BCUT2D eigenvalue weighted by molar-refractivity contribution is 6.34. The number of carbonyl (C=O) groups is 2. The maximum atomic E-state index is 13.5. The SMILES string of the molecule is COCc1cc(C)nc2c(C(=O)N[C@H]3CC[C@@]4(CCN(c5ccc(F)cc5Cl)C4=O)CC3)cnn12. The number of amides is 2. The van der Waals surface area contributed by atoms with Crippen molar-refractivity contribution in [2.75, 3.05) is 18.6 Å². The predicted molar refractivity (Wildman–Crippen MR) is 129 cm³/mol. The van der Waals surface area contributed by atoms with Gasteiger partial charge in [-0.15, -0.1) is 0 Å². The average molecular weight is 500 g/mol. The van der Waals surface area contributed by atoms with Crippen molar-refractivity contribution in [2.45, 2.75) is 51.7 Å². The van der Waals surface area contributed by atoms with E-state index in [0.29, 0.717) is 55.7 Å². The second-order valence-corrected chi connectivity index (χ2v) is 9.85. The standard InChI is InChI=1S/C25H27ClFN5O3/c1-15-11-18(14-35-2)32-22(29-15)19(13-28-32)23(33)30-17-5-7-25(8-6-17)9-10-31(24(25)34)21-4-3-16(27)12-20(21)26/h3-4,11-13,17H,5-10,14H2,1-2H3,(H,30,33)/t17-,25-. The van der Waals surface area contributed by atoms with Crippen molar-refractivity contribution < 1.29 is 18.7 Å². The summed E-state index contributed by atoms with van der Waals surface area (Å²) < 4.78 is 20.3. The van der Waals surface area contributed by atoms with E-state index < -0.39 is 11.2 Å². The van der Waals surface area contributed by atoms with Crippen LogP contribution < -0.4 is 10.2 Å². The van der Waals surface area contributed by atoms with E-state index >= 15 is 0 Å². The Morgan fingerprint density at radius 3 is 2.77 bits per heavy atom. The van der Waals surface area contributed by atoms with E-state index in [1.54, 1.807) is 22.6 Å². The maximum Gasteiger partial charge on any atom is 0.256 e. The van der Waals surface area contributed by atoms with Gasteiger partial charge in [-0.2, -0.15) is 5.10 Å². The number of rotatable bonds is 5. The highest BCUT2D eigenvalue weighted by Gasteiger charge is 2.49. The smallest absolute Gasteiger partial charge is 0.256 e. The molecule has 0 atom stereocenters. The van der Waals surface area contributed by atoms with E-state index in [1.807, 2.05) is 13.0 Å². The van der Waals surface area contributed by atoms with Gasteiger partial charge in [0.15, 0.2) is 5.65 Å². The molecule has 1 aliphatic carbocycles. The third-order valence-corrected chi connectivity index (χ3v) is 7.50. The van der Waals surface area contributed by atoms with Crippen molar-refractivity contribution in [2.24, 2.45) is 5.41 Å². The van der Waals surface area contributed by atoms with Gasteiger partial charge >= 0.3 is 0 Å². The molecule has 2 aromatic heterocycles. The highest BCUT2D eigenvalue weighted by atomic mass is 35.5. The minimum atomic E-state index is -0.461. The molecule has 1 N–H and O–H groups in total. The highest BCUT2D eigenvalue weighted by Crippen LogP contribution is 2.47. The molecule has 184 valence electrons. The van der Waals surface area contributed by atoms with E-state index in [0.717, 1.165) is 17.8 Å². The lowest BCUT2D eigenvalue weighted by Gasteiger charge is -2.36. The number of nitrogens with one attached hydrogen (secondary N) is 1. The Labute approximate surface area is 207 Å². The van der Waals surface area contributed by atoms with Crippen LogP contribution in [-0.4, -0.2) is 46.1 Å². The number of carbonyl (C=O) groups excluding carboxylic acids is 2. The van der Waals surface area contributed by atoms with Crippen LogP contribution in [-0.2, 0) is 16.1 Å². The average Bonchev–Trinajstić information content (AvgIpc) is 3.38. The molecule has 2 aliphatic rings. The molecule has 2 fully saturated rings. The second kappa shape index (κ2) is 9.20. The van der Waals surface area contributed by atoms with Crippen LogP contribution in [0.15, 0.2) is 30.5 Å². The van der Waals surface area contributed by atoms with Gasteiger partial charge in [0.05, 0.1) is 34.6 Å². The maximum absolute atomic E-state index is 13.5. The quantitative estimate of drug-likeness (QED) is 0.571. The summed E-state index contributed by atoms with van der Waals surface area (Å²) in [5.74, 6) is -0.619. The number of benzene rings is 1. The van der Waals surface area contributed by atoms with E-state index in [9.17, 15) is 14.0 Å². The van der Waals surface area contributed by atoms with Crippen molar-refractivity contribution in [1.82, 2.24) is 19.9 Å². The van der Waals surface area contributed by atoms with Gasteiger partial charge in [0.1, 0.15) is 11.4 Å². The number of fused-ring (bicyclic) bond motifs is 1. The molecular weight excluding hydrogens is 473 g/mol. The molecule has 8 nitrogen and oxygen atoms in total. The summed E-state index contributed by atoms with van der Waals surface area (Å²) >= 11 is 6.21. The molecule has 0 bridgehead atoms. The Balaban J connectivity index is 1.26. The van der Waals surface area contributed by atoms with Gasteiger partial charge in [0, 0.05) is 25.4 Å². The van der Waals surface area contributed by atoms with Gasteiger partial charge in [0.2, 0.25) is 5.91 Å². The van der Waals surface area contributed by atoms with Gasteiger partial charge in [-0.3, -0.25) is 9.59 Å². The summed E-state index contributed by atoms with van der Waals surface area (Å²) in [6.45, 7) is 2.79. The Morgan fingerprint density at radius 2 is 2.06 bits per heavy atom. The Bertz CT molecular complexity index is 1300. The number of hydrogen-bond acceptors (Lipinski definition) is 5. The fraction of sp³-hybridized carbons (Fsp3) is 0.440. The first kappa shape index (κ1) is 23.7. The first-order chi connectivity index (χ1) is 16.8. The summed E-state index contributed by atoms with van der Waals surface area (Å²) in [6.07, 6.45) is 5.00. The molecule has 5 rings (SSSR count). The molecule has 3 aromatic rings. The fourth-order valence-corrected chi connectivity index (χ4v) is 5.63. The molecule has 10 heteroatoms. The van der Waals surface area contributed by atoms with Crippen LogP contribution >= 0.6 is 11.6 Å². The van der Waals surface area contributed by atoms with Crippen LogP contribution in [0, 0.1) is 18.2 Å². The lowest BCUT2D eigenvalue weighted by Crippen LogP contribution is -2.44. The number of ether oxygens (including phenoxy) is 1. The zero-order valence-electron chi connectivity index (χ0n) is 19.7. The number of aryl methyl sites for hydroxylation is 1. The molecule has 1 saturated heterocycles. The zero-order chi connectivity index (χ0) is 24.7. The van der Waals surface area contributed by atoms with Crippen LogP contribution in [0.25, 0.3) is 5.65 Å². The van der Waals surface area contributed by atoms with E-state index in [-0.39, 0.29) is 22.9 Å². The van der Waals surface area contributed by atoms with Crippen molar-refractivity contribution in [3.8, 4) is 0 Å². The van der Waals surface area contributed by atoms with Gasteiger partial charge in [-0.05, 0) is 63.3 Å². The Morgan fingerprint density at radius 1 is 1.29 bits per heavy atom. The van der Waals surface area contributed by atoms with Crippen LogP contribution in [0.4, 0.5) is 10.1 Å². The van der Waals surface area contributed by atoms with Crippen LogP contribution in [0.1, 0.15) is 53.8 Å². The molecule has 0 unspecified atom stereocenters. The number of aromatic nitrogens is 3. The van der Waals surface area contributed by atoms with E-state index in [4.69, 9.17) is 16.3 Å². The molecule has 1 saturated carbocycles. The second-order valence-electron chi connectivity index (χ2n) is 9.45. The van der Waals surface area contributed by atoms with Crippen molar-refractivity contribution in [1.29, 1.82) is 0 Å². The molecule has 1 aliphatic heterocycles. The molecule has 2 amide bonds. The number of anilines is 1. The zero-order valence-corrected chi connectivity index (χ0v) is 20.4.